The third-order valence-corrected chi connectivity index (χ3v) is 26.3. The third kappa shape index (κ3) is 26.5. The number of rotatable bonds is 31. The van der Waals surface area contributed by atoms with Crippen molar-refractivity contribution in [3.05, 3.63) is 237 Å². The minimum atomic E-state index is -4.35. The minimum Gasteiger partial charge on any atom is -0.494 e. The Bertz CT molecular complexity index is 5730. The second-order valence-electron chi connectivity index (χ2n) is 30.5. The van der Waals surface area contributed by atoms with Gasteiger partial charge in [-0.05, 0) is 341 Å². The molecule has 30 heteroatoms. The first-order valence-electron chi connectivity index (χ1n) is 38.8. The van der Waals surface area contributed by atoms with Gasteiger partial charge >= 0.3 is 42.4 Å². The van der Waals surface area contributed by atoms with Gasteiger partial charge in [-0.25, -0.2) is 19.2 Å². The van der Waals surface area contributed by atoms with E-state index in [2.05, 4.69) is 41.1 Å². The highest BCUT2D eigenvalue weighted by atomic mass is 79.9. The molecule has 0 bridgehead atoms. The number of hydrogen-bond donors (Lipinski definition) is 4. The van der Waals surface area contributed by atoms with E-state index in [4.69, 9.17) is 38.3 Å². The highest BCUT2D eigenvalue weighted by Gasteiger charge is 2.36. The number of fused-ring (bicyclic) bond motifs is 4. The van der Waals surface area contributed by atoms with Crippen molar-refractivity contribution in [3.8, 4) is 40.2 Å². The quantitative estimate of drug-likeness (QED) is 0.0181. The molecule has 4 heterocycles. The van der Waals surface area contributed by atoms with Gasteiger partial charge in [0.2, 0.25) is 0 Å². The molecule has 0 amide bonds. The summed E-state index contributed by atoms with van der Waals surface area (Å²) in [4.78, 5) is 49.8. The number of carboxylic acids is 4. The molecule has 8 aromatic carbocycles. The normalized spacial score (nSPS) is 12.0. The lowest BCUT2D eigenvalue weighted by atomic mass is 10.1. The van der Waals surface area contributed by atoms with Crippen LogP contribution < -0.4 is 33.2 Å². The molecule has 12 rings (SSSR count). The number of alkyl halides is 9. The third-order valence-electron chi connectivity index (χ3n) is 19.7. The van der Waals surface area contributed by atoms with Crippen LogP contribution in [0, 0.1) is 55.4 Å². The van der Waals surface area contributed by atoms with Crippen LogP contribution in [0.2, 0.25) is 0 Å². The molecular weight excluding hydrogens is 1770 g/mol. The van der Waals surface area contributed by atoms with Crippen LogP contribution in [0.5, 0.6) is 40.2 Å². The van der Waals surface area contributed by atoms with Gasteiger partial charge in [0.25, 0.3) is 0 Å². The highest BCUT2D eigenvalue weighted by Crippen LogP contribution is 2.43. The monoisotopic (exact) mass is 1860 g/mol. The molecule has 0 fully saturated rings. The minimum absolute atomic E-state index is 0.380. The van der Waals surface area contributed by atoms with Gasteiger partial charge in [-0.2, -0.15) is 39.5 Å². The zero-order valence-corrected chi connectivity index (χ0v) is 75.6. The summed E-state index contributed by atoms with van der Waals surface area (Å²) in [5.74, 6) is 0.658. The molecule has 0 aliphatic rings. The average molecular weight is 1860 g/mol. The van der Waals surface area contributed by atoms with Crippen LogP contribution in [0.3, 0.4) is 0 Å². The number of aryl methyl sites for hydroxylation is 11. The van der Waals surface area contributed by atoms with Crippen LogP contribution in [-0.4, -0.2) is 93.3 Å². The molecule has 0 spiro atoms. The van der Waals surface area contributed by atoms with Crippen LogP contribution in [-0.2, 0) is 57.0 Å². The molecule has 12 aromatic rings. The molecule has 656 valence electrons. The first-order valence-corrected chi connectivity index (χ1v) is 43.8. The maximum Gasteiger partial charge on any atom is 0.416 e. The lowest BCUT2D eigenvalue weighted by Crippen LogP contribution is -2.38. The van der Waals surface area contributed by atoms with Crippen LogP contribution >= 0.6 is 73.0 Å². The number of halogens is 10. The summed E-state index contributed by atoms with van der Waals surface area (Å²) in [7, 11) is 0. The van der Waals surface area contributed by atoms with Crippen LogP contribution in [0.4, 0.5) is 39.5 Å². The standard InChI is InChI=1S/2C24H25F3O4S.C23H25BrO4S.C22H19F3O3S2/c1-14-12-17(8-9-19(14)31-23(3,4)22(28)29)30-11-5-6-20-15(2)18-13-16(24(25,26)27)7-10-21(18)32-20;1-14-12-17(8-10-19(14)31-23(3,4)22(28)29)30-11-5-6-20-15(2)18-9-7-16(24(25,26)27)13-21(18)32-20;1-14-12-17(8-10-19(14)28-23(3,4)22(25)26)27-11-5-6-20-15(2)18-9-7-16(24)13-21(18)29-20;1-13-10-16(6-7-18(13)28-12-21(26)27)29-9-3-4-19-14(2)17-11-15(22(23,24)25)5-8-20(17)30-19/h2*7-10,12-13H,5-6,11H2,1-4H3,(H,28,29);7-10,12-13H,5-6,11H2,1-4H3,(H,25,26);3-8,10-11H,9,12H2,1-2H3,(H,26,27). The van der Waals surface area contributed by atoms with Crippen molar-refractivity contribution in [2.45, 2.75) is 176 Å². The van der Waals surface area contributed by atoms with Crippen molar-refractivity contribution < 1.29 is 112 Å². The fraction of sp³-hybridized carbons (Fsp3) is 0.333. The van der Waals surface area contributed by atoms with Gasteiger partial charge in [-0.3, -0.25) is 0 Å². The summed E-state index contributed by atoms with van der Waals surface area (Å²) in [5, 5.41) is 39.8. The largest absolute Gasteiger partial charge is 0.494 e. The summed E-state index contributed by atoms with van der Waals surface area (Å²) in [6.07, 6.45) is -4.36. The summed E-state index contributed by atoms with van der Waals surface area (Å²) >= 11 is 11.4. The van der Waals surface area contributed by atoms with E-state index in [1.165, 1.54) is 126 Å². The first-order chi connectivity index (χ1) is 57.6. The predicted octanol–water partition coefficient (Wildman–Crippen LogP) is 26.9. The number of benzene rings is 8. The average Bonchev–Trinajstić information content (AvgIpc) is 1.67. The number of carboxylic acid groups (broad SMARTS) is 4. The van der Waals surface area contributed by atoms with E-state index in [9.17, 15) is 74.0 Å². The van der Waals surface area contributed by atoms with Gasteiger partial charge in [-0.1, -0.05) is 34.1 Å². The maximum absolute atomic E-state index is 13.0. The summed E-state index contributed by atoms with van der Waals surface area (Å²) in [6, 6.07) is 39.5. The van der Waals surface area contributed by atoms with Crippen LogP contribution in [0.1, 0.15) is 142 Å². The van der Waals surface area contributed by atoms with Crippen molar-refractivity contribution in [1.82, 2.24) is 0 Å². The lowest BCUT2D eigenvalue weighted by molar-refractivity contribution is -0.152. The van der Waals surface area contributed by atoms with Gasteiger partial charge in [-0.15, -0.1) is 57.1 Å². The number of ether oxygens (including phenoxy) is 7. The van der Waals surface area contributed by atoms with Gasteiger partial charge in [0, 0.05) is 53.4 Å². The smallest absolute Gasteiger partial charge is 0.416 e. The summed E-state index contributed by atoms with van der Waals surface area (Å²) in [6.45, 7) is 25.3. The number of thioether (sulfide) groups is 1. The van der Waals surface area contributed by atoms with Gasteiger partial charge < -0.3 is 53.6 Å². The van der Waals surface area contributed by atoms with E-state index in [1.807, 2.05) is 96.2 Å². The molecule has 123 heavy (non-hydrogen) atoms. The molecule has 0 aliphatic carbocycles. The fourth-order valence-corrected chi connectivity index (χ4v) is 18.7. The fourth-order valence-electron chi connectivity index (χ4n) is 12.5. The van der Waals surface area contributed by atoms with Crippen molar-refractivity contribution in [2.24, 2.45) is 0 Å². The van der Waals surface area contributed by atoms with Gasteiger partial charge in [0.05, 0.1) is 36.5 Å². The molecule has 4 aromatic heterocycles. The molecular formula is C93H94BrF9O15S5. The lowest BCUT2D eigenvalue weighted by Gasteiger charge is -2.23. The topological polar surface area (TPSA) is 214 Å². The molecule has 0 saturated heterocycles. The Morgan fingerprint density at radius 1 is 0.390 bits per heavy atom. The maximum atomic E-state index is 13.0. The summed E-state index contributed by atoms with van der Waals surface area (Å²) in [5.41, 5.74) is 1.49. The molecule has 0 radical (unpaired) electrons. The van der Waals surface area contributed by atoms with Crippen LogP contribution in [0.15, 0.2) is 161 Å². The van der Waals surface area contributed by atoms with E-state index in [1.54, 1.807) is 66.4 Å². The first kappa shape index (κ1) is 96.8. The van der Waals surface area contributed by atoms with Gasteiger partial charge in [0.1, 0.15) is 40.2 Å². The van der Waals surface area contributed by atoms with Gasteiger partial charge in [0.15, 0.2) is 23.4 Å². The van der Waals surface area contributed by atoms with E-state index in [-0.39, 0.29) is 6.61 Å². The number of carbonyl (C=O) groups is 4. The van der Waals surface area contributed by atoms with Crippen molar-refractivity contribution >= 4 is 143 Å². The summed E-state index contributed by atoms with van der Waals surface area (Å²) < 4.78 is 161. The number of thiophene rings is 4. The Morgan fingerprint density at radius 3 is 1.15 bits per heavy atom. The van der Waals surface area contributed by atoms with E-state index in [0.29, 0.717) is 101 Å². The Kier molecular flexibility index (Phi) is 32.5. The molecule has 0 aliphatic heterocycles. The predicted molar refractivity (Wildman–Crippen MR) is 475 cm³/mol. The Labute approximate surface area is 735 Å². The molecule has 0 unspecified atom stereocenters. The van der Waals surface area contributed by atoms with E-state index < -0.39 is 75.9 Å². The highest BCUT2D eigenvalue weighted by molar-refractivity contribution is 9.10. The van der Waals surface area contributed by atoms with Crippen molar-refractivity contribution in [1.29, 1.82) is 0 Å². The van der Waals surface area contributed by atoms with Crippen LogP contribution in [0.25, 0.3) is 46.4 Å². The second kappa shape index (κ2) is 41.2. The second-order valence-corrected chi connectivity index (χ2v) is 37.0. The van der Waals surface area contributed by atoms with E-state index in [0.717, 1.165) is 115 Å². The number of aliphatic carboxylic acids is 4. The Hall–Kier alpha value is -9.98. The van der Waals surface area contributed by atoms with E-state index >= 15 is 0 Å². The zero-order valence-electron chi connectivity index (χ0n) is 69.9. The van der Waals surface area contributed by atoms with Crippen molar-refractivity contribution in [2.75, 3.05) is 32.2 Å². The molecule has 0 atom stereocenters. The SMILES string of the molecule is Cc1cc(OCCCc2sc3cc(Br)ccc3c2C)ccc1OC(C)(C)C(=O)O.Cc1cc(OCCCc2sc3cc(C(F)(F)F)ccc3c2C)ccc1OC(C)(C)C(=O)O.Cc1cc(OCCCc2sc3ccc(C(F)(F)F)cc3c2C)ccc1OC(C)(C)C(=O)O.Cc1cc(SCC=Cc2sc3ccc(C(F)(F)F)cc3c2C)ccc1OCC(=O)O. The molecule has 15 nitrogen and oxygen atoms in total. The van der Waals surface area contributed by atoms with Crippen molar-refractivity contribution in [3.63, 3.8) is 0 Å². The molecule has 0 saturated carbocycles. The number of hydrogen-bond acceptors (Lipinski definition) is 16. The molecule has 4 N–H and O–H groups in total. The Morgan fingerprint density at radius 2 is 0.748 bits per heavy atom. The Balaban J connectivity index is 0.000000186. The zero-order chi connectivity index (χ0) is 90.4.